The predicted octanol–water partition coefficient (Wildman–Crippen LogP) is 0.353. The van der Waals surface area contributed by atoms with E-state index in [0.717, 1.165) is 6.42 Å². The van der Waals surface area contributed by atoms with Crippen molar-refractivity contribution in [1.29, 1.82) is 0 Å². The first-order valence-electron chi connectivity index (χ1n) is 5.32. The minimum atomic E-state index is -0.417. The molecule has 2 unspecified atom stereocenters. The molecule has 2 atom stereocenters. The number of ether oxygens (including phenoxy) is 1. The minimum Gasteiger partial charge on any atom is -0.383 e. The third-order valence-electron chi connectivity index (χ3n) is 2.77. The summed E-state index contributed by atoms with van der Waals surface area (Å²) in [6, 6.07) is 3.36. The number of nitrogens with zero attached hydrogens (tertiary/aromatic N) is 1. The maximum absolute atomic E-state index is 12.0. The smallest absolute Gasteiger partial charge is 0.195 e. The number of anilines is 1. The van der Waals surface area contributed by atoms with E-state index in [4.69, 9.17) is 16.2 Å². The molecule has 5 nitrogen and oxygen atoms in total. The van der Waals surface area contributed by atoms with E-state index < -0.39 is 6.10 Å². The third-order valence-corrected chi connectivity index (χ3v) is 2.77. The van der Waals surface area contributed by atoms with Gasteiger partial charge in [-0.15, -0.1) is 0 Å². The fraction of sp³-hybridized carbons (Fsp3) is 0.455. The summed E-state index contributed by atoms with van der Waals surface area (Å²) in [6.07, 6.45) is 2.67. The monoisotopic (exact) mass is 221 g/mol. The minimum absolute atomic E-state index is 0.00755. The standard InChI is InChI=1S/C11H15N3O2/c12-6-7-3-4-9(16-7)10(15)8-2-1-5-14-11(8)13/h1-2,5,7,9H,3-4,6,12H2,(H2,13,14). The van der Waals surface area contributed by atoms with Gasteiger partial charge in [0.15, 0.2) is 5.78 Å². The van der Waals surface area contributed by atoms with Crippen LogP contribution in [0, 0.1) is 0 Å². The molecule has 1 aromatic rings. The summed E-state index contributed by atoms with van der Waals surface area (Å²) in [4.78, 5) is 15.9. The van der Waals surface area contributed by atoms with E-state index in [9.17, 15) is 4.79 Å². The van der Waals surface area contributed by atoms with Crippen molar-refractivity contribution in [3.8, 4) is 0 Å². The van der Waals surface area contributed by atoms with Crippen LogP contribution in [0.25, 0.3) is 0 Å². The molecule has 0 radical (unpaired) electrons. The maximum atomic E-state index is 12.0. The molecule has 1 saturated heterocycles. The quantitative estimate of drug-likeness (QED) is 0.719. The van der Waals surface area contributed by atoms with Gasteiger partial charge in [-0.05, 0) is 25.0 Å². The Morgan fingerprint density at radius 3 is 3.00 bits per heavy atom. The Kier molecular flexibility index (Phi) is 3.17. The van der Waals surface area contributed by atoms with Gasteiger partial charge in [-0.1, -0.05) is 0 Å². The van der Waals surface area contributed by atoms with Crippen LogP contribution in [0.1, 0.15) is 23.2 Å². The number of ketones is 1. The SMILES string of the molecule is NCC1CCC(C(=O)c2cccnc2N)O1. The van der Waals surface area contributed by atoms with Gasteiger partial charge in [0.1, 0.15) is 11.9 Å². The van der Waals surface area contributed by atoms with Crippen molar-refractivity contribution in [3.05, 3.63) is 23.9 Å². The highest BCUT2D eigenvalue weighted by Gasteiger charge is 2.31. The van der Waals surface area contributed by atoms with E-state index in [1.165, 1.54) is 0 Å². The average Bonchev–Trinajstić information content (AvgIpc) is 2.77. The lowest BCUT2D eigenvalue weighted by Crippen LogP contribution is -2.25. The van der Waals surface area contributed by atoms with E-state index in [0.29, 0.717) is 18.5 Å². The lowest BCUT2D eigenvalue weighted by Gasteiger charge is -2.11. The zero-order valence-electron chi connectivity index (χ0n) is 8.93. The number of Topliss-reactive ketones (excluding diaryl/α,β-unsaturated/α-hetero) is 1. The van der Waals surface area contributed by atoms with E-state index in [1.807, 2.05) is 0 Å². The summed E-state index contributed by atoms with van der Waals surface area (Å²) in [5.41, 5.74) is 11.6. The Labute approximate surface area is 93.8 Å². The predicted molar refractivity (Wildman–Crippen MR) is 59.9 cm³/mol. The number of hydrogen-bond donors (Lipinski definition) is 2. The molecule has 5 heteroatoms. The van der Waals surface area contributed by atoms with E-state index >= 15 is 0 Å². The summed E-state index contributed by atoms with van der Waals surface area (Å²) in [5.74, 6) is 0.161. The van der Waals surface area contributed by atoms with Crippen molar-refractivity contribution in [3.63, 3.8) is 0 Å². The zero-order valence-corrected chi connectivity index (χ0v) is 8.93. The van der Waals surface area contributed by atoms with Crippen LogP contribution in [-0.4, -0.2) is 29.5 Å². The van der Waals surface area contributed by atoms with Gasteiger partial charge < -0.3 is 16.2 Å². The van der Waals surface area contributed by atoms with Crippen LogP contribution in [0.5, 0.6) is 0 Å². The van der Waals surface area contributed by atoms with E-state index in [1.54, 1.807) is 18.3 Å². The molecule has 0 aromatic carbocycles. The summed E-state index contributed by atoms with van der Waals surface area (Å²) in [7, 11) is 0. The first-order valence-corrected chi connectivity index (χ1v) is 5.32. The lowest BCUT2D eigenvalue weighted by molar-refractivity contribution is 0.0404. The Balaban J connectivity index is 2.12. The zero-order chi connectivity index (χ0) is 11.5. The van der Waals surface area contributed by atoms with Gasteiger partial charge in [-0.2, -0.15) is 0 Å². The van der Waals surface area contributed by atoms with Gasteiger partial charge in [-0.25, -0.2) is 4.98 Å². The highest BCUT2D eigenvalue weighted by molar-refractivity contribution is 6.03. The maximum Gasteiger partial charge on any atom is 0.195 e. The van der Waals surface area contributed by atoms with Gasteiger partial charge in [-0.3, -0.25) is 4.79 Å². The van der Waals surface area contributed by atoms with Gasteiger partial charge in [0.25, 0.3) is 0 Å². The largest absolute Gasteiger partial charge is 0.383 e. The summed E-state index contributed by atoms with van der Waals surface area (Å²) in [5, 5.41) is 0. The molecule has 1 aromatic heterocycles. The topological polar surface area (TPSA) is 91.2 Å². The Morgan fingerprint density at radius 2 is 2.38 bits per heavy atom. The molecule has 1 aliphatic heterocycles. The molecule has 0 spiro atoms. The lowest BCUT2D eigenvalue weighted by atomic mass is 10.0. The molecular weight excluding hydrogens is 206 g/mol. The van der Waals surface area contributed by atoms with Gasteiger partial charge in [0, 0.05) is 12.7 Å². The van der Waals surface area contributed by atoms with Crippen molar-refractivity contribution in [2.75, 3.05) is 12.3 Å². The number of pyridine rings is 1. The summed E-state index contributed by atoms with van der Waals surface area (Å²) >= 11 is 0. The second kappa shape index (κ2) is 4.59. The highest BCUT2D eigenvalue weighted by Crippen LogP contribution is 2.23. The molecule has 0 aliphatic carbocycles. The van der Waals surface area contributed by atoms with Crippen LogP contribution in [0.3, 0.4) is 0 Å². The van der Waals surface area contributed by atoms with Crippen LogP contribution in [0.2, 0.25) is 0 Å². The Bertz CT molecular complexity index is 395. The van der Waals surface area contributed by atoms with Gasteiger partial charge in [0.05, 0.1) is 11.7 Å². The molecule has 86 valence electrons. The Hall–Kier alpha value is -1.46. The number of carbonyl (C=O) groups excluding carboxylic acids is 1. The average molecular weight is 221 g/mol. The molecule has 0 amide bonds. The number of nitrogens with two attached hydrogens (primary N) is 2. The number of hydrogen-bond acceptors (Lipinski definition) is 5. The first kappa shape index (κ1) is 11.0. The second-order valence-electron chi connectivity index (χ2n) is 3.86. The molecule has 16 heavy (non-hydrogen) atoms. The molecule has 2 heterocycles. The number of aromatic nitrogens is 1. The summed E-state index contributed by atoms with van der Waals surface area (Å²) < 4.78 is 5.52. The molecule has 2 rings (SSSR count). The number of carbonyl (C=O) groups is 1. The fourth-order valence-corrected chi connectivity index (χ4v) is 1.87. The van der Waals surface area contributed by atoms with Crippen molar-refractivity contribution >= 4 is 11.6 Å². The fourth-order valence-electron chi connectivity index (χ4n) is 1.87. The van der Waals surface area contributed by atoms with Crippen molar-refractivity contribution in [2.45, 2.75) is 25.0 Å². The molecule has 1 fully saturated rings. The van der Waals surface area contributed by atoms with Crippen molar-refractivity contribution < 1.29 is 9.53 Å². The van der Waals surface area contributed by atoms with Crippen LogP contribution >= 0.6 is 0 Å². The molecule has 0 saturated carbocycles. The third kappa shape index (κ3) is 2.05. The number of rotatable bonds is 3. The molecule has 0 bridgehead atoms. The van der Waals surface area contributed by atoms with Crippen LogP contribution in [-0.2, 0) is 4.74 Å². The molecular formula is C11H15N3O2. The molecule has 4 N–H and O–H groups in total. The van der Waals surface area contributed by atoms with Crippen molar-refractivity contribution in [2.24, 2.45) is 5.73 Å². The van der Waals surface area contributed by atoms with Gasteiger partial charge >= 0.3 is 0 Å². The van der Waals surface area contributed by atoms with Crippen LogP contribution < -0.4 is 11.5 Å². The summed E-state index contributed by atoms with van der Waals surface area (Å²) in [6.45, 7) is 0.451. The first-order chi connectivity index (χ1) is 7.72. The normalized spacial score (nSPS) is 24.6. The molecule has 1 aliphatic rings. The van der Waals surface area contributed by atoms with Crippen LogP contribution in [0.4, 0.5) is 5.82 Å². The van der Waals surface area contributed by atoms with Gasteiger partial charge in [0.2, 0.25) is 0 Å². The van der Waals surface area contributed by atoms with E-state index in [2.05, 4.69) is 4.98 Å². The van der Waals surface area contributed by atoms with Crippen molar-refractivity contribution in [1.82, 2.24) is 4.98 Å². The highest BCUT2D eigenvalue weighted by atomic mass is 16.5. The number of nitrogen functional groups attached to an aromatic ring is 1. The van der Waals surface area contributed by atoms with Crippen LogP contribution in [0.15, 0.2) is 18.3 Å². The Morgan fingerprint density at radius 1 is 1.56 bits per heavy atom. The van der Waals surface area contributed by atoms with E-state index in [-0.39, 0.29) is 17.7 Å². The second-order valence-corrected chi connectivity index (χ2v) is 3.86.